The summed E-state index contributed by atoms with van der Waals surface area (Å²) in [5.41, 5.74) is 7.40. The van der Waals surface area contributed by atoms with Crippen molar-refractivity contribution < 1.29 is 40.1 Å². The smallest absolute Gasteiger partial charge is 0.297 e. The first-order valence-electron chi connectivity index (χ1n) is 32.6. The molecule has 17 rings (SSSR count). The maximum atomic E-state index is 11.8. The van der Waals surface area contributed by atoms with E-state index in [0.717, 1.165) is 110 Å². The molecule has 2 saturated carbocycles. The number of piperidine rings is 2. The molecule has 2 aliphatic carbocycles. The average molecular weight is 1240 g/mol. The minimum absolute atomic E-state index is 0.0420. The average Bonchev–Trinajstić information content (AvgIpc) is 1.70. The quantitative estimate of drug-likeness (QED) is 0.0834. The minimum Gasteiger partial charge on any atom is -0.506 e. The van der Waals surface area contributed by atoms with Gasteiger partial charge in [0.05, 0.1) is 104 Å². The molecular formula is C67H64N16O7S. The number of piperazine rings is 2. The Morgan fingerprint density at radius 1 is 0.604 bits per heavy atom. The van der Waals surface area contributed by atoms with Crippen LogP contribution in [0.2, 0.25) is 0 Å². The Hall–Kier alpha value is -10.2. The standard InChI is InChI=1S/C30H28N8O2.C25H23N7O2.C12H13NO3S/c1-39-28-5-2-20(11-34-28)14-37-23-8-24(37)16-36(15-23)27-4-3-21(12-33-27)26-9-25(40-19-30(18-32)6-7-30)17-38-29(26)22(10-31)13-35-38;1-34-24-5-2-16(9-28-24)12-31-19-6-20(31)14-30(13-19)23-4-3-17(10-27-23)22-7-21(33)15-32-25(22)18(8-26)11-29-32;1-10-2-4-11(5-3-10)17(14,15)16-9-12(8-13)6-7-12/h2-5,9,11-13,17,23-24H,6-8,14-16,19H2,1H3;2-5,7,9-11,15,19-20,33H,6,12-14H2,1H3;2-5H,6-7,9H2,1H3/i2*1D3;. The number of rotatable bonds is 17. The van der Waals surface area contributed by atoms with Gasteiger partial charge in [0.15, 0.2) is 0 Å². The van der Waals surface area contributed by atoms with Gasteiger partial charge in [-0.25, -0.2) is 29.0 Å². The van der Waals surface area contributed by atoms with Gasteiger partial charge < -0.3 is 29.1 Å². The summed E-state index contributed by atoms with van der Waals surface area (Å²) in [6, 6.07) is 35.3. The van der Waals surface area contributed by atoms with Crippen LogP contribution in [0, 0.1) is 63.1 Å². The molecule has 8 aliphatic rings. The molecule has 23 nitrogen and oxygen atoms in total. The van der Waals surface area contributed by atoms with Crippen molar-refractivity contribution in [1.29, 1.82) is 21.0 Å². The van der Waals surface area contributed by atoms with Crippen molar-refractivity contribution in [2.45, 2.75) is 87.6 Å². The number of pyridine rings is 6. The van der Waals surface area contributed by atoms with Crippen LogP contribution in [0.15, 0.2) is 139 Å². The summed E-state index contributed by atoms with van der Waals surface area (Å²) in [7, 11) is -8.75. The number of benzene rings is 1. The number of nitrogens with zero attached hydrogens (tertiary/aromatic N) is 16. The van der Waals surface area contributed by atoms with E-state index in [1.165, 1.54) is 29.0 Å². The number of aromatic hydroxyl groups is 1. The summed E-state index contributed by atoms with van der Waals surface area (Å²) >= 11 is 0. The van der Waals surface area contributed by atoms with Crippen LogP contribution in [0.1, 0.15) is 74.6 Å². The number of hydrogen-bond donors (Lipinski definition) is 1. The fourth-order valence-corrected chi connectivity index (χ4v) is 13.2. The number of hydrogen-bond acceptors (Lipinski definition) is 21. The number of fused-ring (bicyclic) bond motifs is 6. The van der Waals surface area contributed by atoms with Gasteiger partial charge in [-0.2, -0.15) is 39.7 Å². The van der Waals surface area contributed by atoms with Crippen LogP contribution in [0.4, 0.5) is 11.6 Å². The fraction of sp³-hybridized carbons (Fsp3) is 0.343. The predicted octanol–water partition coefficient (Wildman–Crippen LogP) is 8.66. The zero-order valence-electron chi connectivity index (χ0n) is 55.4. The maximum Gasteiger partial charge on any atom is 0.297 e. The van der Waals surface area contributed by atoms with E-state index < -0.39 is 35.0 Å². The molecule has 6 saturated heterocycles. The van der Waals surface area contributed by atoms with Crippen LogP contribution in [0.25, 0.3) is 33.3 Å². The van der Waals surface area contributed by atoms with Gasteiger partial charge in [-0.3, -0.25) is 14.0 Å². The molecule has 8 fully saturated rings. The van der Waals surface area contributed by atoms with E-state index >= 15 is 0 Å². The molecule has 14 heterocycles. The van der Waals surface area contributed by atoms with Crippen LogP contribution < -0.4 is 24.0 Å². The van der Waals surface area contributed by atoms with Crippen molar-refractivity contribution in [2.24, 2.45) is 10.8 Å². The first-order chi connectivity index (χ1) is 46.5. The Balaban J connectivity index is 0.000000143. The lowest BCUT2D eigenvalue weighted by Gasteiger charge is -2.56. The van der Waals surface area contributed by atoms with Gasteiger partial charge in [0.1, 0.15) is 41.9 Å². The van der Waals surface area contributed by atoms with E-state index in [0.29, 0.717) is 77.1 Å². The molecule has 4 bridgehead atoms. The van der Waals surface area contributed by atoms with Gasteiger partial charge in [-0.05, 0) is 105 Å². The molecule has 9 aromatic rings. The third-order valence-corrected chi connectivity index (χ3v) is 19.2. The molecule has 0 amide bonds. The van der Waals surface area contributed by atoms with E-state index in [9.17, 15) is 29.3 Å². The van der Waals surface area contributed by atoms with Gasteiger partial charge in [0.2, 0.25) is 11.8 Å². The third kappa shape index (κ3) is 12.5. The summed E-state index contributed by atoms with van der Waals surface area (Å²) in [6.07, 6.45) is 18.6. The molecule has 4 unspecified atom stereocenters. The first kappa shape index (κ1) is 52.7. The van der Waals surface area contributed by atoms with Crippen molar-refractivity contribution in [3.05, 3.63) is 162 Å². The lowest BCUT2D eigenvalue weighted by Crippen LogP contribution is -2.68. The van der Waals surface area contributed by atoms with Gasteiger partial charge >= 0.3 is 0 Å². The Morgan fingerprint density at radius 2 is 1.10 bits per heavy atom. The van der Waals surface area contributed by atoms with E-state index in [1.807, 2.05) is 55.6 Å². The summed E-state index contributed by atoms with van der Waals surface area (Å²) in [4.78, 5) is 27.4. The molecule has 8 aromatic heterocycles. The summed E-state index contributed by atoms with van der Waals surface area (Å²) in [5, 5.41) is 56.1. The lowest BCUT2D eigenvalue weighted by atomic mass is 9.87. The van der Waals surface area contributed by atoms with Crippen LogP contribution in [0.5, 0.6) is 23.3 Å². The topological polar surface area (TPSA) is 286 Å². The second kappa shape index (κ2) is 24.6. The molecule has 24 heteroatoms. The molecule has 0 radical (unpaired) electrons. The lowest BCUT2D eigenvalue weighted by molar-refractivity contribution is -0.00879. The third-order valence-electron chi connectivity index (χ3n) is 17.9. The highest BCUT2D eigenvalue weighted by molar-refractivity contribution is 7.86. The normalized spacial score (nSPS) is 21.0. The largest absolute Gasteiger partial charge is 0.506 e. The van der Waals surface area contributed by atoms with Crippen molar-refractivity contribution >= 4 is 32.8 Å². The second-order valence-electron chi connectivity index (χ2n) is 24.0. The first-order valence-corrected chi connectivity index (χ1v) is 31.0. The Morgan fingerprint density at radius 3 is 1.54 bits per heavy atom. The summed E-state index contributed by atoms with van der Waals surface area (Å²) < 4.78 is 90.6. The molecule has 0 spiro atoms. The minimum atomic E-state index is -3.73. The number of nitriles is 4. The van der Waals surface area contributed by atoms with Crippen molar-refractivity contribution in [2.75, 3.05) is 63.3 Å². The van der Waals surface area contributed by atoms with Gasteiger partial charge in [0.25, 0.3) is 10.1 Å². The van der Waals surface area contributed by atoms with Gasteiger partial charge in [-0.15, -0.1) is 0 Å². The Labute approximate surface area is 534 Å². The highest BCUT2D eigenvalue weighted by atomic mass is 32.2. The summed E-state index contributed by atoms with van der Waals surface area (Å²) in [5.74, 6) is 2.62. The van der Waals surface area contributed by atoms with Crippen LogP contribution in [-0.2, 0) is 27.4 Å². The van der Waals surface area contributed by atoms with Crippen LogP contribution in [-0.4, -0.2) is 140 Å². The monoisotopic (exact) mass is 1240 g/mol. The fourth-order valence-electron chi connectivity index (χ4n) is 12.2. The Kier molecular flexibility index (Phi) is 14.3. The van der Waals surface area contributed by atoms with E-state index in [4.69, 9.17) is 41.8 Å². The number of methoxy groups -OCH3 is 2. The van der Waals surface area contributed by atoms with Crippen LogP contribution >= 0.6 is 0 Å². The molecule has 1 N–H and O–H groups in total. The molecule has 6 aliphatic heterocycles. The molecule has 460 valence electrons. The van der Waals surface area contributed by atoms with Gasteiger partial charge in [0, 0.05) is 123 Å². The number of anilines is 2. The zero-order chi connectivity index (χ0) is 68.0. The van der Waals surface area contributed by atoms with Crippen molar-refractivity contribution in [1.82, 2.24) is 49.0 Å². The van der Waals surface area contributed by atoms with E-state index in [2.05, 4.69) is 64.0 Å². The second-order valence-corrected chi connectivity index (χ2v) is 25.6. The number of aromatic nitrogens is 8. The van der Waals surface area contributed by atoms with E-state index in [-0.39, 0.29) is 29.0 Å². The zero-order valence-corrected chi connectivity index (χ0v) is 50.2. The predicted molar refractivity (Wildman–Crippen MR) is 334 cm³/mol. The molecule has 91 heavy (non-hydrogen) atoms. The molecule has 4 atom stereocenters. The number of ether oxygens (including phenoxy) is 3. The maximum absolute atomic E-state index is 11.8. The highest BCUT2D eigenvalue weighted by Gasteiger charge is 2.47. The van der Waals surface area contributed by atoms with Crippen molar-refractivity contribution in [3.63, 3.8) is 0 Å². The Bertz CT molecular complexity index is 4670. The van der Waals surface area contributed by atoms with Gasteiger partial charge in [-0.1, -0.05) is 29.8 Å². The molecular weight excluding hydrogens is 1170 g/mol. The SMILES string of the molecule is Cc1ccc(S(=O)(=O)OCC2(C#N)CC2)cc1.[2H]C([2H])([2H])Oc1ccc(CN2C3CC2CN(c2ccc(-c4cc(O)cn5ncc(C#N)c45)cn2)C3)cn1.[2H]C([2H])([2H])Oc1ccc(CN2C3CC2CN(c2ccc(-c4cc(OCC5(C#N)CC5)cn5ncc(C#N)c45)cn2)C3)cn1. The van der Waals surface area contributed by atoms with Crippen LogP contribution in [0.3, 0.4) is 0 Å². The summed E-state index contributed by atoms with van der Waals surface area (Å²) in [6.45, 7) is 7.07. The molecule has 1 aromatic carbocycles. The van der Waals surface area contributed by atoms with E-state index in [1.54, 1.807) is 65.8 Å². The highest BCUT2D eigenvalue weighted by Crippen LogP contribution is 2.47. The van der Waals surface area contributed by atoms with Crippen molar-refractivity contribution in [3.8, 4) is 69.8 Å². The number of aryl methyl sites for hydroxylation is 1.